The number of aryl methyl sites for hydroxylation is 2. The van der Waals surface area contributed by atoms with E-state index in [1.807, 2.05) is 31.3 Å². The van der Waals surface area contributed by atoms with E-state index in [1.165, 1.54) is 51.0 Å². The van der Waals surface area contributed by atoms with E-state index in [0.717, 1.165) is 36.7 Å². The van der Waals surface area contributed by atoms with Crippen LogP contribution < -0.4 is 4.74 Å². The van der Waals surface area contributed by atoms with Crippen molar-refractivity contribution in [1.82, 2.24) is 14.9 Å². The van der Waals surface area contributed by atoms with Crippen molar-refractivity contribution >= 4 is 11.6 Å². The number of hydrogen-bond acceptors (Lipinski definition) is 3. The Bertz CT molecular complexity index is 659. The van der Waals surface area contributed by atoms with Crippen LogP contribution in [0.2, 0.25) is 5.02 Å². The van der Waals surface area contributed by atoms with Gasteiger partial charge in [-0.25, -0.2) is 4.98 Å². The SMILES string of the molecule is Cc1ccc(OCCCCN2CCCC(CCc3cnc[nH]3)C2)c(Cl)c1. The molecule has 1 unspecified atom stereocenters. The molecule has 3 rings (SSSR count). The molecular weight excluding hydrogens is 346 g/mol. The number of H-pyrrole nitrogens is 1. The van der Waals surface area contributed by atoms with E-state index in [1.54, 1.807) is 6.33 Å². The first-order valence-corrected chi connectivity index (χ1v) is 10.2. The normalized spacial score (nSPS) is 18.2. The van der Waals surface area contributed by atoms with E-state index in [9.17, 15) is 0 Å². The molecule has 1 aromatic carbocycles. The first-order valence-electron chi connectivity index (χ1n) is 9.79. The second-order valence-electron chi connectivity index (χ2n) is 7.41. The Morgan fingerprint density at radius 1 is 1.35 bits per heavy atom. The summed E-state index contributed by atoms with van der Waals surface area (Å²) in [5.74, 6) is 1.61. The molecule has 0 radical (unpaired) electrons. The lowest BCUT2D eigenvalue weighted by atomic mass is 9.92. The Kier molecular flexibility index (Phi) is 7.39. The number of unbranched alkanes of at least 4 members (excludes halogenated alkanes) is 1. The molecule has 1 saturated heterocycles. The molecule has 0 aliphatic carbocycles. The van der Waals surface area contributed by atoms with Gasteiger partial charge in [0.15, 0.2) is 0 Å². The van der Waals surface area contributed by atoms with Gasteiger partial charge in [-0.05, 0) is 82.2 Å². The fraction of sp³-hybridized carbons (Fsp3) is 0.571. The summed E-state index contributed by atoms with van der Waals surface area (Å²) in [5.41, 5.74) is 2.42. The summed E-state index contributed by atoms with van der Waals surface area (Å²) in [6.07, 6.45) is 11.0. The zero-order valence-corrected chi connectivity index (χ0v) is 16.5. The monoisotopic (exact) mass is 375 g/mol. The smallest absolute Gasteiger partial charge is 0.137 e. The number of imidazole rings is 1. The Morgan fingerprint density at radius 3 is 3.08 bits per heavy atom. The maximum atomic E-state index is 6.21. The highest BCUT2D eigenvalue weighted by atomic mass is 35.5. The molecule has 26 heavy (non-hydrogen) atoms. The Labute approximate surface area is 161 Å². The highest BCUT2D eigenvalue weighted by Gasteiger charge is 2.19. The predicted octanol–water partition coefficient (Wildman–Crippen LogP) is 4.88. The van der Waals surface area contributed by atoms with E-state index < -0.39 is 0 Å². The molecule has 1 fully saturated rings. The van der Waals surface area contributed by atoms with Crippen molar-refractivity contribution in [2.75, 3.05) is 26.2 Å². The summed E-state index contributed by atoms with van der Waals surface area (Å²) in [7, 11) is 0. The highest BCUT2D eigenvalue weighted by molar-refractivity contribution is 6.32. The molecule has 4 nitrogen and oxygen atoms in total. The summed E-state index contributed by atoms with van der Waals surface area (Å²) in [5, 5.41) is 0.709. The minimum Gasteiger partial charge on any atom is -0.492 e. The van der Waals surface area contributed by atoms with E-state index in [2.05, 4.69) is 14.9 Å². The number of benzene rings is 1. The number of nitrogens with zero attached hydrogens (tertiary/aromatic N) is 2. The number of hydrogen-bond donors (Lipinski definition) is 1. The molecule has 1 N–H and O–H groups in total. The van der Waals surface area contributed by atoms with Crippen molar-refractivity contribution in [1.29, 1.82) is 0 Å². The molecule has 1 atom stereocenters. The summed E-state index contributed by atoms with van der Waals surface area (Å²) in [4.78, 5) is 9.94. The number of ether oxygens (including phenoxy) is 1. The third-order valence-corrected chi connectivity index (χ3v) is 5.49. The number of rotatable bonds is 9. The first-order chi connectivity index (χ1) is 12.7. The fourth-order valence-electron chi connectivity index (χ4n) is 3.71. The third kappa shape index (κ3) is 6.03. The van der Waals surface area contributed by atoms with Crippen molar-refractivity contribution in [2.45, 2.75) is 45.4 Å². The van der Waals surface area contributed by atoms with Crippen molar-refractivity contribution in [3.8, 4) is 5.75 Å². The average molecular weight is 376 g/mol. The van der Waals surface area contributed by atoms with Gasteiger partial charge in [0.2, 0.25) is 0 Å². The average Bonchev–Trinajstić information content (AvgIpc) is 3.15. The van der Waals surface area contributed by atoms with Crippen LogP contribution in [0, 0.1) is 12.8 Å². The van der Waals surface area contributed by atoms with Crippen LogP contribution in [0.3, 0.4) is 0 Å². The number of aromatic amines is 1. The van der Waals surface area contributed by atoms with Gasteiger partial charge in [0, 0.05) is 18.4 Å². The molecule has 1 aromatic heterocycles. The molecule has 1 aliphatic heterocycles. The lowest BCUT2D eigenvalue weighted by molar-refractivity contribution is 0.163. The van der Waals surface area contributed by atoms with Gasteiger partial charge in [-0.15, -0.1) is 0 Å². The van der Waals surface area contributed by atoms with Crippen LogP contribution in [0.4, 0.5) is 0 Å². The second kappa shape index (κ2) is 9.98. The number of halogens is 1. The largest absolute Gasteiger partial charge is 0.492 e. The standard InChI is InChI=1S/C21H30ClN3O/c1-17-6-9-21(20(22)13-17)26-12-3-2-10-25-11-4-5-18(15-25)7-8-19-14-23-16-24-19/h6,9,13-14,16,18H,2-5,7-8,10-12,15H2,1H3,(H,23,24). The third-order valence-electron chi connectivity index (χ3n) is 5.19. The van der Waals surface area contributed by atoms with Gasteiger partial charge < -0.3 is 14.6 Å². The predicted molar refractivity (Wildman–Crippen MR) is 107 cm³/mol. The van der Waals surface area contributed by atoms with Crippen LogP contribution in [0.1, 0.15) is 43.4 Å². The fourth-order valence-corrected chi connectivity index (χ4v) is 4.00. The molecule has 2 heterocycles. The van der Waals surface area contributed by atoms with Gasteiger partial charge in [-0.1, -0.05) is 17.7 Å². The maximum Gasteiger partial charge on any atom is 0.137 e. The van der Waals surface area contributed by atoms with Gasteiger partial charge >= 0.3 is 0 Å². The van der Waals surface area contributed by atoms with E-state index in [0.29, 0.717) is 5.02 Å². The van der Waals surface area contributed by atoms with E-state index in [-0.39, 0.29) is 0 Å². The van der Waals surface area contributed by atoms with Gasteiger partial charge in [0.25, 0.3) is 0 Å². The van der Waals surface area contributed by atoms with Gasteiger partial charge in [0.05, 0.1) is 18.0 Å². The zero-order chi connectivity index (χ0) is 18.2. The van der Waals surface area contributed by atoms with Crippen molar-refractivity contribution in [3.63, 3.8) is 0 Å². The summed E-state index contributed by atoms with van der Waals surface area (Å²) in [6.45, 7) is 6.42. The number of aromatic nitrogens is 2. The lowest BCUT2D eigenvalue weighted by Crippen LogP contribution is -2.36. The summed E-state index contributed by atoms with van der Waals surface area (Å²) < 4.78 is 5.82. The number of nitrogens with one attached hydrogen (secondary N) is 1. The summed E-state index contributed by atoms with van der Waals surface area (Å²) in [6, 6.07) is 5.96. The van der Waals surface area contributed by atoms with Crippen molar-refractivity contribution in [2.24, 2.45) is 5.92 Å². The Hall–Kier alpha value is -1.52. The molecule has 0 spiro atoms. The number of likely N-dealkylation sites (tertiary alicyclic amines) is 1. The molecule has 142 valence electrons. The van der Waals surface area contributed by atoms with Gasteiger partial charge in [-0.3, -0.25) is 0 Å². The van der Waals surface area contributed by atoms with Crippen LogP contribution in [0.15, 0.2) is 30.7 Å². The van der Waals surface area contributed by atoms with Crippen LogP contribution in [-0.2, 0) is 6.42 Å². The molecule has 2 aromatic rings. The quantitative estimate of drug-likeness (QED) is 0.635. The van der Waals surface area contributed by atoms with Crippen LogP contribution in [0.5, 0.6) is 5.75 Å². The van der Waals surface area contributed by atoms with Gasteiger partial charge in [-0.2, -0.15) is 0 Å². The molecule has 0 bridgehead atoms. The minimum atomic E-state index is 0.709. The maximum absolute atomic E-state index is 6.21. The zero-order valence-electron chi connectivity index (χ0n) is 15.7. The highest BCUT2D eigenvalue weighted by Crippen LogP contribution is 2.25. The van der Waals surface area contributed by atoms with Crippen LogP contribution >= 0.6 is 11.6 Å². The second-order valence-corrected chi connectivity index (χ2v) is 7.82. The minimum absolute atomic E-state index is 0.709. The van der Waals surface area contributed by atoms with Gasteiger partial charge in [0.1, 0.15) is 5.75 Å². The summed E-state index contributed by atoms with van der Waals surface area (Å²) >= 11 is 6.21. The lowest BCUT2D eigenvalue weighted by Gasteiger charge is -2.32. The van der Waals surface area contributed by atoms with E-state index >= 15 is 0 Å². The molecular formula is C21H30ClN3O. The molecule has 0 saturated carbocycles. The molecule has 0 amide bonds. The molecule has 5 heteroatoms. The number of piperidine rings is 1. The van der Waals surface area contributed by atoms with E-state index in [4.69, 9.17) is 16.3 Å². The van der Waals surface area contributed by atoms with Crippen LogP contribution in [0.25, 0.3) is 0 Å². The van der Waals surface area contributed by atoms with Crippen molar-refractivity contribution < 1.29 is 4.74 Å². The van der Waals surface area contributed by atoms with Crippen LogP contribution in [-0.4, -0.2) is 41.1 Å². The molecule has 1 aliphatic rings. The van der Waals surface area contributed by atoms with Crippen molar-refractivity contribution in [3.05, 3.63) is 47.0 Å². The Morgan fingerprint density at radius 2 is 2.27 bits per heavy atom. The first kappa shape index (κ1) is 19.2. The Balaban J connectivity index is 1.30. The topological polar surface area (TPSA) is 41.1 Å².